The van der Waals surface area contributed by atoms with Crippen LogP contribution in [0.1, 0.15) is 18.4 Å². The molecule has 0 aliphatic carbocycles. The standard InChI is InChI=1S/C19H20ClN3O2S/c1-2-17(24)22-9-7-14(8-10-22)18(25)21-19-23(11-12-26-19)13-15-5-3-4-6-16(15)20/h2-6,11-12,14H,1,7-10,13H2. The van der Waals surface area contributed by atoms with E-state index in [4.69, 9.17) is 11.6 Å². The summed E-state index contributed by atoms with van der Waals surface area (Å²) in [7, 11) is 0. The second-order valence-electron chi connectivity index (χ2n) is 6.16. The van der Waals surface area contributed by atoms with E-state index in [1.807, 2.05) is 40.4 Å². The van der Waals surface area contributed by atoms with Crippen LogP contribution in [0, 0.1) is 5.92 Å². The summed E-state index contributed by atoms with van der Waals surface area (Å²) in [4.78, 5) is 30.9. The van der Waals surface area contributed by atoms with Gasteiger partial charge in [0.25, 0.3) is 5.91 Å². The number of likely N-dealkylation sites (tertiary alicyclic amines) is 1. The quantitative estimate of drug-likeness (QED) is 0.754. The summed E-state index contributed by atoms with van der Waals surface area (Å²) < 4.78 is 1.93. The Morgan fingerprint density at radius 3 is 2.73 bits per heavy atom. The van der Waals surface area contributed by atoms with Crippen LogP contribution in [0.3, 0.4) is 0 Å². The molecule has 3 rings (SSSR count). The molecule has 26 heavy (non-hydrogen) atoms. The van der Waals surface area contributed by atoms with E-state index in [0.29, 0.717) is 42.3 Å². The first-order chi connectivity index (χ1) is 12.6. The number of piperidine rings is 1. The van der Waals surface area contributed by atoms with Gasteiger partial charge in [-0.3, -0.25) is 9.59 Å². The van der Waals surface area contributed by atoms with Crippen LogP contribution in [-0.4, -0.2) is 34.4 Å². The molecule has 136 valence electrons. The molecule has 0 unspecified atom stereocenters. The first-order valence-corrected chi connectivity index (χ1v) is 9.71. The molecular formula is C19H20ClN3O2S. The maximum absolute atomic E-state index is 12.6. The predicted octanol–water partition coefficient (Wildman–Crippen LogP) is 3.10. The zero-order valence-electron chi connectivity index (χ0n) is 14.3. The number of amides is 2. The van der Waals surface area contributed by atoms with Gasteiger partial charge in [0, 0.05) is 35.6 Å². The summed E-state index contributed by atoms with van der Waals surface area (Å²) in [5.41, 5.74) is 0.984. The molecule has 0 atom stereocenters. The van der Waals surface area contributed by atoms with Crippen molar-refractivity contribution in [2.75, 3.05) is 13.1 Å². The smallest absolute Gasteiger partial charge is 0.251 e. The minimum Gasteiger partial charge on any atom is -0.339 e. The number of aromatic nitrogens is 1. The van der Waals surface area contributed by atoms with E-state index in [9.17, 15) is 9.59 Å². The van der Waals surface area contributed by atoms with Crippen molar-refractivity contribution in [2.45, 2.75) is 19.4 Å². The molecule has 1 aliphatic rings. The number of hydrogen-bond donors (Lipinski definition) is 0. The number of nitrogens with zero attached hydrogens (tertiary/aromatic N) is 3. The molecule has 0 bridgehead atoms. The number of carbonyl (C=O) groups excluding carboxylic acids is 2. The first kappa shape index (κ1) is 18.6. The van der Waals surface area contributed by atoms with Gasteiger partial charge >= 0.3 is 0 Å². The molecule has 2 heterocycles. The summed E-state index contributed by atoms with van der Waals surface area (Å²) in [6, 6.07) is 7.64. The normalized spacial score (nSPS) is 15.9. The van der Waals surface area contributed by atoms with Gasteiger partial charge in [-0.1, -0.05) is 36.4 Å². The third kappa shape index (κ3) is 4.31. The molecule has 0 N–H and O–H groups in total. The number of thiazole rings is 1. The third-order valence-corrected chi connectivity index (χ3v) is 5.66. The van der Waals surface area contributed by atoms with Crippen molar-refractivity contribution < 1.29 is 9.59 Å². The average molecular weight is 390 g/mol. The van der Waals surface area contributed by atoms with Gasteiger partial charge in [0.05, 0.1) is 6.54 Å². The molecule has 1 saturated heterocycles. The Kier molecular flexibility index (Phi) is 6.06. The van der Waals surface area contributed by atoms with Crippen LogP contribution in [0.4, 0.5) is 0 Å². The Hall–Kier alpha value is -2.18. The zero-order chi connectivity index (χ0) is 18.5. The predicted molar refractivity (Wildman–Crippen MR) is 103 cm³/mol. The number of halogens is 1. The van der Waals surface area contributed by atoms with Gasteiger partial charge in [-0.15, -0.1) is 11.3 Å². The lowest BCUT2D eigenvalue weighted by Gasteiger charge is -2.29. The van der Waals surface area contributed by atoms with Gasteiger partial charge in [0.15, 0.2) is 4.80 Å². The second kappa shape index (κ2) is 8.47. The topological polar surface area (TPSA) is 54.7 Å². The van der Waals surface area contributed by atoms with Crippen molar-refractivity contribution in [2.24, 2.45) is 10.9 Å². The lowest BCUT2D eigenvalue weighted by molar-refractivity contribution is -0.130. The molecule has 0 radical (unpaired) electrons. The fourth-order valence-corrected chi connectivity index (χ4v) is 3.91. The Bertz CT molecular complexity index is 879. The van der Waals surface area contributed by atoms with Crippen LogP contribution >= 0.6 is 22.9 Å². The molecule has 2 amide bonds. The average Bonchev–Trinajstić information content (AvgIpc) is 3.09. The monoisotopic (exact) mass is 389 g/mol. The fraction of sp³-hybridized carbons (Fsp3) is 0.316. The van der Waals surface area contributed by atoms with E-state index in [2.05, 4.69) is 11.6 Å². The van der Waals surface area contributed by atoms with Crippen LogP contribution in [0.2, 0.25) is 5.02 Å². The van der Waals surface area contributed by atoms with E-state index >= 15 is 0 Å². The van der Waals surface area contributed by atoms with Crippen LogP contribution < -0.4 is 4.80 Å². The van der Waals surface area contributed by atoms with Crippen molar-refractivity contribution >= 4 is 34.8 Å². The van der Waals surface area contributed by atoms with E-state index in [1.54, 1.807) is 4.90 Å². The van der Waals surface area contributed by atoms with Crippen molar-refractivity contribution in [3.63, 3.8) is 0 Å². The van der Waals surface area contributed by atoms with E-state index in [-0.39, 0.29) is 17.7 Å². The summed E-state index contributed by atoms with van der Waals surface area (Å²) in [5, 5.41) is 2.61. The molecule has 0 saturated carbocycles. The van der Waals surface area contributed by atoms with Gasteiger partial charge in [0.2, 0.25) is 5.91 Å². The Morgan fingerprint density at radius 1 is 1.31 bits per heavy atom. The van der Waals surface area contributed by atoms with Crippen molar-refractivity contribution in [1.82, 2.24) is 9.47 Å². The molecule has 0 spiro atoms. The second-order valence-corrected chi connectivity index (χ2v) is 7.44. The molecule has 1 aromatic carbocycles. The van der Waals surface area contributed by atoms with Gasteiger partial charge in [-0.05, 0) is 30.5 Å². The summed E-state index contributed by atoms with van der Waals surface area (Å²) in [6.45, 7) is 5.21. The molecule has 1 aliphatic heterocycles. The van der Waals surface area contributed by atoms with Crippen molar-refractivity contribution in [3.8, 4) is 0 Å². The molecule has 5 nitrogen and oxygen atoms in total. The van der Waals surface area contributed by atoms with Crippen LogP contribution in [0.15, 0.2) is 53.5 Å². The van der Waals surface area contributed by atoms with Crippen molar-refractivity contribution in [1.29, 1.82) is 0 Å². The highest BCUT2D eigenvalue weighted by Gasteiger charge is 2.26. The lowest BCUT2D eigenvalue weighted by Crippen LogP contribution is -2.39. The Labute approximate surface area is 161 Å². The maximum Gasteiger partial charge on any atom is 0.251 e. The van der Waals surface area contributed by atoms with Crippen LogP contribution in [0.5, 0.6) is 0 Å². The van der Waals surface area contributed by atoms with Gasteiger partial charge < -0.3 is 9.47 Å². The number of rotatable bonds is 4. The summed E-state index contributed by atoms with van der Waals surface area (Å²) in [5.74, 6) is -0.338. The minimum atomic E-state index is -0.139. The molecule has 1 aromatic heterocycles. The first-order valence-electron chi connectivity index (χ1n) is 8.45. The summed E-state index contributed by atoms with van der Waals surface area (Å²) >= 11 is 7.66. The molecular weight excluding hydrogens is 370 g/mol. The van der Waals surface area contributed by atoms with Gasteiger partial charge in [0.1, 0.15) is 0 Å². The molecule has 1 fully saturated rings. The number of hydrogen-bond acceptors (Lipinski definition) is 3. The summed E-state index contributed by atoms with van der Waals surface area (Å²) in [6.07, 6.45) is 4.50. The largest absolute Gasteiger partial charge is 0.339 e. The molecule has 7 heteroatoms. The zero-order valence-corrected chi connectivity index (χ0v) is 15.9. The van der Waals surface area contributed by atoms with Crippen LogP contribution in [0.25, 0.3) is 0 Å². The minimum absolute atomic E-state index is 0.0799. The van der Waals surface area contributed by atoms with E-state index in [0.717, 1.165) is 5.56 Å². The van der Waals surface area contributed by atoms with Gasteiger partial charge in [-0.2, -0.15) is 4.99 Å². The Morgan fingerprint density at radius 2 is 2.04 bits per heavy atom. The van der Waals surface area contributed by atoms with Crippen molar-refractivity contribution in [3.05, 3.63) is 63.9 Å². The van der Waals surface area contributed by atoms with Gasteiger partial charge in [-0.25, -0.2) is 0 Å². The maximum atomic E-state index is 12.6. The lowest BCUT2D eigenvalue weighted by atomic mass is 9.96. The highest BCUT2D eigenvalue weighted by atomic mass is 35.5. The Balaban J connectivity index is 1.70. The third-order valence-electron chi connectivity index (χ3n) is 4.49. The number of carbonyl (C=O) groups is 2. The van der Waals surface area contributed by atoms with E-state index in [1.165, 1.54) is 17.4 Å². The van der Waals surface area contributed by atoms with E-state index < -0.39 is 0 Å². The fourth-order valence-electron chi connectivity index (χ4n) is 2.98. The highest BCUT2D eigenvalue weighted by molar-refractivity contribution is 7.07. The SMILES string of the molecule is C=CC(=O)N1CCC(C(=O)N=c2sccn2Cc2ccccc2Cl)CC1. The highest BCUT2D eigenvalue weighted by Crippen LogP contribution is 2.19. The number of benzene rings is 1. The van der Waals surface area contributed by atoms with Crippen LogP contribution in [-0.2, 0) is 16.1 Å². The molecule has 2 aromatic rings.